The van der Waals surface area contributed by atoms with Crippen LogP contribution in [0.25, 0.3) is 0 Å². The molecule has 5 heteroatoms. The molecule has 2 unspecified atom stereocenters. The predicted octanol–water partition coefficient (Wildman–Crippen LogP) is 1.88. The lowest BCUT2D eigenvalue weighted by molar-refractivity contribution is -0.138. The van der Waals surface area contributed by atoms with Gasteiger partial charge in [0.1, 0.15) is 0 Å². The zero-order valence-corrected chi connectivity index (χ0v) is 14.7. The van der Waals surface area contributed by atoms with E-state index in [9.17, 15) is 9.90 Å². The molecule has 0 saturated carbocycles. The Bertz CT molecular complexity index is 787. The lowest BCUT2D eigenvalue weighted by atomic mass is 9.60. The number of methoxy groups -OCH3 is 1. The van der Waals surface area contributed by atoms with Gasteiger partial charge >= 0.3 is 5.97 Å². The summed E-state index contributed by atoms with van der Waals surface area (Å²) in [5.41, 5.74) is 4.10. The molecule has 3 aliphatic heterocycles. The summed E-state index contributed by atoms with van der Waals surface area (Å²) in [5.74, 6) is -0.125. The van der Waals surface area contributed by atoms with Crippen molar-refractivity contribution in [2.24, 2.45) is 11.8 Å². The van der Waals surface area contributed by atoms with Crippen molar-refractivity contribution in [3.63, 3.8) is 0 Å². The van der Waals surface area contributed by atoms with Gasteiger partial charge in [-0.25, -0.2) is 4.79 Å². The largest absolute Gasteiger partial charge is 0.466 e. The molecule has 5 nitrogen and oxygen atoms in total. The molecule has 1 aliphatic carbocycles. The first kappa shape index (κ1) is 15.4. The molecule has 3 heterocycles. The van der Waals surface area contributed by atoms with Gasteiger partial charge in [-0.3, -0.25) is 4.90 Å². The van der Waals surface area contributed by atoms with E-state index in [1.54, 1.807) is 0 Å². The molecule has 1 aromatic carbocycles. The summed E-state index contributed by atoms with van der Waals surface area (Å²) in [5, 5.41) is 14.0. The van der Waals surface area contributed by atoms with Gasteiger partial charge in [-0.1, -0.05) is 18.2 Å². The van der Waals surface area contributed by atoms with Crippen LogP contribution in [0.5, 0.6) is 0 Å². The number of rotatable bonds is 2. The van der Waals surface area contributed by atoms with E-state index in [0.29, 0.717) is 6.04 Å². The van der Waals surface area contributed by atoms with Gasteiger partial charge in [-0.2, -0.15) is 0 Å². The minimum Gasteiger partial charge on any atom is -0.466 e. The number of anilines is 1. The summed E-state index contributed by atoms with van der Waals surface area (Å²) in [6, 6.07) is 8.83. The summed E-state index contributed by atoms with van der Waals surface area (Å²) >= 11 is 0. The van der Waals surface area contributed by atoms with Crippen LogP contribution >= 0.6 is 0 Å². The number of piperidine rings is 1. The average molecular weight is 340 g/mol. The Kier molecular flexibility index (Phi) is 3.13. The number of carbonyl (C=O) groups excluding carboxylic acids is 1. The van der Waals surface area contributed by atoms with Gasteiger partial charge in [-0.05, 0) is 37.9 Å². The number of carbonyl (C=O) groups is 1. The molecule has 0 radical (unpaired) electrons. The molecule has 5 atom stereocenters. The summed E-state index contributed by atoms with van der Waals surface area (Å²) in [6.07, 6.45) is 1.49. The molecule has 0 aromatic heterocycles. The number of ether oxygens (including phenoxy) is 1. The van der Waals surface area contributed by atoms with E-state index in [1.165, 1.54) is 12.7 Å². The molecular weight excluding hydrogens is 316 g/mol. The van der Waals surface area contributed by atoms with Crippen molar-refractivity contribution in [3.05, 3.63) is 41.1 Å². The van der Waals surface area contributed by atoms with Crippen molar-refractivity contribution < 1.29 is 14.6 Å². The second-order valence-corrected chi connectivity index (χ2v) is 7.93. The van der Waals surface area contributed by atoms with Crippen molar-refractivity contribution in [2.75, 3.05) is 25.5 Å². The Morgan fingerprint density at radius 2 is 2.24 bits per heavy atom. The van der Waals surface area contributed by atoms with E-state index in [4.69, 9.17) is 4.74 Å². The highest BCUT2D eigenvalue weighted by Crippen LogP contribution is 2.61. The zero-order chi connectivity index (χ0) is 17.3. The molecule has 25 heavy (non-hydrogen) atoms. The Balaban J connectivity index is 1.78. The van der Waals surface area contributed by atoms with Crippen LogP contribution in [0.2, 0.25) is 0 Å². The fraction of sp³-hybridized carbons (Fsp3) is 0.550. The number of fused-ring (bicyclic) bond motifs is 2. The maximum atomic E-state index is 12.8. The highest BCUT2D eigenvalue weighted by atomic mass is 16.5. The van der Waals surface area contributed by atoms with Crippen molar-refractivity contribution >= 4 is 11.7 Å². The number of aliphatic hydroxyl groups is 1. The summed E-state index contributed by atoms with van der Waals surface area (Å²) in [6.45, 7) is 3.71. The minimum atomic E-state index is -0.442. The SMILES string of the molecule is COC(=O)C1=C2Nc3ccccc3[C@@]23CCN2CC(C(C)O)[C@@H]1C[C@H]23. The maximum Gasteiger partial charge on any atom is 0.335 e. The summed E-state index contributed by atoms with van der Waals surface area (Å²) < 4.78 is 5.19. The first-order valence-corrected chi connectivity index (χ1v) is 9.19. The molecule has 2 N–H and O–H groups in total. The molecule has 2 fully saturated rings. The number of hydrogen-bond donors (Lipinski definition) is 2. The number of nitrogens with one attached hydrogen (secondary N) is 1. The zero-order valence-electron chi connectivity index (χ0n) is 14.7. The van der Waals surface area contributed by atoms with E-state index in [0.717, 1.165) is 42.9 Å². The maximum absolute atomic E-state index is 12.8. The normalized spacial score (nSPS) is 36.5. The Labute approximate surface area is 147 Å². The van der Waals surface area contributed by atoms with E-state index >= 15 is 0 Å². The lowest BCUT2D eigenvalue weighted by Crippen LogP contribution is -2.57. The van der Waals surface area contributed by atoms with Crippen LogP contribution in [-0.4, -0.2) is 48.3 Å². The van der Waals surface area contributed by atoms with Crippen molar-refractivity contribution in [1.82, 2.24) is 4.90 Å². The van der Waals surface area contributed by atoms with E-state index in [-0.39, 0.29) is 23.2 Å². The highest BCUT2D eigenvalue weighted by molar-refractivity contribution is 5.93. The molecule has 2 saturated heterocycles. The fourth-order valence-electron chi connectivity index (χ4n) is 5.98. The van der Waals surface area contributed by atoms with Gasteiger partial charge in [0.2, 0.25) is 0 Å². The van der Waals surface area contributed by atoms with Crippen LogP contribution < -0.4 is 5.32 Å². The van der Waals surface area contributed by atoms with Gasteiger partial charge in [0.05, 0.1) is 24.2 Å². The Morgan fingerprint density at radius 1 is 1.44 bits per heavy atom. The monoisotopic (exact) mass is 340 g/mol. The number of nitrogens with zero attached hydrogens (tertiary/aromatic N) is 1. The number of hydrogen-bond acceptors (Lipinski definition) is 5. The standard InChI is InChI=1S/C20H24N2O3/c1-11(23)13-10-22-8-7-20-14-5-3-4-6-15(14)21-18(20)17(19(24)25-2)12(13)9-16(20)22/h3-6,11-13,16,21,23H,7-10H2,1-2H3/t11?,12-,13?,16-,20+/m0/s1. The predicted molar refractivity (Wildman–Crippen MR) is 94.0 cm³/mol. The van der Waals surface area contributed by atoms with Crippen LogP contribution in [0.3, 0.4) is 0 Å². The topological polar surface area (TPSA) is 61.8 Å². The first-order valence-electron chi connectivity index (χ1n) is 9.19. The quantitative estimate of drug-likeness (QED) is 0.805. The van der Waals surface area contributed by atoms with Crippen molar-refractivity contribution in [2.45, 2.75) is 37.3 Å². The Hall–Kier alpha value is -1.85. The van der Waals surface area contributed by atoms with Crippen LogP contribution in [-0.2, 0) is 14.9 Å². The minimum absolute atomic E-state index is 0.0525. The molecule has 132 valence electrons. The average Bonchev–Trinajstić information content (AvgIpc) is 3.17. The first-order chi connectivity index (χ1) is 12.1. The van der Waals surface area contributed by atoms with Crippen molar-refractivity contribution in [1.29, 1.82) is 0 Å². The van der Waals surface area contributed by atoms with Gasteiger partial charge in [0.25, 0.3) is 0 Å². The summed E-state index contributed by atoms with van der Waals surface area (Å²) in [4.78, 5) is 15.3. The number of aliphatic hydroxyl groups excluding tert-OH is 1. The number of esters is 1. The smallest absolute Gasteiger partial charge is 0.335 e. The lowest BCUT2D eigenvalue weighted by Gasteiger charge is -2.51. The summed E-state index contributed by atoms with van der Waals surface area (Å²) in [7, 11) is 1.46. The molecule has 2 bridgehead atoms. The van der Waals surface area contributed by atoms with E-state index < -0.39 is 6.10 Å². The van der Waals surface area contributed by atoms with Crippen LogP contribution in [0.15, 0.2) is 35.5 Å². The molecule has 1 spiro atoms. The number of benzene rings is 1. The molecule has 5 rings (SSSR count). The molecule has 4 aliphatic rings. The third kappa shape index (κ3) is 1.78. The second-order valence-electron chi connectivity index (χ2n) is 7.93. The highest BCUT2D eigenvalue weighted by Gasteiger charge is 2.63. The van der Waals surface area contributed by atoms with Crippen molar-refractivity contribution in [3.8, 4) is 0 Å². The number of para-hydroxylation sites is 1. The van der Waals surface area contributed by atoms with Gasteiger partial charge in [0.15, 0.2) is 0 Å². The third-order valence-electron chi connectivity index (χ3n) is 7.02. The second kappa shape index (κ2) is 5.08. The Morgan fingerprint density at radius 3 is 3.00 bits per heavy atom. The van der Waals surface area contributed by atoms with Crippen LogP contribution in [0.1, 0.15) is 25.3 Å². The van der Waals surface area contributed by atoms with Gasteiger partial charge in [-0.15, -0.1) is 0 Å². The molecular formula is C20H24N2O3. The van der Waals surface area contributed by atoms with E-state index in [1.807, 2.05) is 13.0 Å². The van der Waals surface area contributed by atoms with Crippen LogP contribution in [0.4, 0.5) is 5.69 Å². The van der Waals surface area contributed by atoms with Gasteiger partial charge in [0, 0.05) is 35.8 Å². The molecule has 0 amide bonds. The van der Waals surface area contributed by atoms with Gasteiger partial charge < -0.3 is 15.2 Å². The fourth-order valence-corrected chi connectivity index (χ4v) is 5.98. The third-order valence-corrected chi connectivity index (χ3v) is 7.02. The molecule has 1 aromatic rings. The van der Waals surface area contributed by atoms with E-state index in [2.05, 4.69) is 28.4 Å². The van der Waals surface area contributed by atoms with Crippen LogP contribution in [0, 0.1) is 11.8 Å².